The van der Waals surface area contributed by atoms with E-state index in [1.165, 1.54) is 0 Å². The van der Waals surface area contributed by atoms with Crippen LogP contribution in [0.25, 0.3) is 0 Å². The molecule has 1 unspecified atom stereocenters. The number of aromatic nitrogens is 1. The fraction of sp³-hybridized carbons (Fsp3) is 0.545. The maximum Gasteiger partial charge on any atom is 0.267 e. The number of hydrogen-bond acceptors (Lipinski definition) is 2. The van der Waals surface area contributed by atoms with Crippen LogP contribution in [0.3, 0.4) is 0 Å². The molecule has 1 aromatic rings. The summed E-state index contributed by atoms with van der Waals surface area (Å²) in [6, 6.07) is 3.60. The van der Waals surface area contributed by atoms with Gasteiger partial charge in [0.05, 0.1) is 6.10 Å². The summed E-state index contributed by atoms with van der Waals surface area (Å²) in [7, 11) is 1.83. The molecule has 0 aliphatic rings. The fourth-order valence-corrected chi connectivity index (χ4v) is 1.34. The van der Waals surface area contributed by atoms with E-state index in [2.05, 4.69) is 5.32 Å². The lowest BCUT2D eigenvalue weighted by Crippen LogP contribution is -2.28. The summed E-state index contributed by atoms with van der Waals surface area (Å²) < 4.78 is 1.77. The third kappa shape index (κ3) is 3.40. The van der Waals surface area contributed by atoms with Gasteiger partial charge in [-0.25, -0.2) is 0 Å². The third-order valence-corrected chi connectivity index (χ3v) is 2.41. The van der Waals surface area contributed by atoms with Crippen LogP contribution in [0.15, 0.2) is 18.3 Å². The van der Waals surface area contributed by atoms with Gasteiger partial charge in [0.25, 0.3) is 5.91 Å². The Morgan fingerprint density at radius 3 is 2.93 bits per heavy atom. The average molecular weight is 210 g/mol. The number of aryl methyl sites for hydroxylation is 1. The molecular formula is C11H18N2O2. The summed E-state index contributed by atoms with van der Waals surface area (Å²) in [6.45, 7) is 2.43. The Kier molecular flexibility index (Phi) is 4.37. The highest BCUT2D eigenvalue weighted by Crippen LogP contribution is 2.00. The molecule has 15 heavy (non-hydrogen) atoms. The van der Waals surface area contributed by atoms with Crippen LogP contribution < -0.4 is 5.32 Å². The Balaban J connectivity index is 2.34. The van der Waals surface area contributed by atoms with Gasteiger partial charge >= 0.3 is 0 Å². The molecule has 2 N–H and O–H groups in total. The third-order valence-electron chi connectivity index (χ3n) is 2.41. The molecule has 0 aliphatic heterocycles. The minimum absolute atomic E-state index is 0.0918. The second-order valence-corrected chi connectivity index (χ2v) is 3.61. The Morgan fingerprint density at radius 2 is 2.40 bits per heavy atom. The van der Waals surface area contributed by atoms with E-state index in [0.717, 1.165) is 6.42 Å². The number of nitrogens with zero attached hydrogens (tertiary/aromatic N) is 1. The molecular weight excluding hydrogens is 192 g/mol. The van der Waals surface area contributed by atoms with Gasteiger partial charge in [0.2, 0.25) is 0 Å². The predicted octanol–water partition coefficient (Wildman–Crippen LogP) is 0.916. The quantitative estimate of drug-likeness (QED) is 0.759. The lowest BCUT2D eigenvalue weighted by Gasteiger charge is -2.09. The highest BCUT2D eigenvalue weighted by Gasteiger charge is 2.08. The van der Waals surface area contributed by atoms with Crippen LogP contribution in [-0.2, 0) is 7.05 Å². The summed E-state index contributed by atoms with van der Waals surface area (Å²) in [5.74, 6) is -0.0918. The Bertz CT molecular complexity index is 320. The van der Waals surface area contributed by atoms with Crippen LogP contribution in [0.4, 0.5) is 0 Å². The van der Waals surface area contributed by atoms with E-state index in [0.29, 0.717) is 18.7 Å². The number of carbonyl (C=O) groups excluding carboxylic acids is 1. The van der Waals surface area contributed by atoms with Gasteiger partial charge in [-0.15, -0.1) is 0 Å². The standard InChI is InChI=1S/C11H18N2O2/c1-3-9(14)6-7-12-11(15)10-5-4-8-13(10)2/h4-5,8-9,14H,3,6-7H2,1-2H3,(H,12,15). The number of nitrogens with one attached hydrogen (secondary N) is 1. The summed E-state index contributed by atoms with van der Waals surface area (Å²) in [5, 5.41) is 12.1. The van der Waals surface area contributed by atoms with Gasteiger partial charge in [-0.1, -0.05) is 6.92 Å². The predicted molar refractivity (Wildman–Crippen MR) is 58.7 cm³/mol. The highest BCUT2D eigenvalue weighted by molar-refractivity contribution is 5.92. The Morgan fingerprint density at radius 1 is 1.67 bits per heavy atom. The summed E-state index contributed by atoms with van der Waals surface area (Å²) in [5.41, 5.74) is 0.640. The number of amides is 1. The maximum atomic E-state index is 11.6. The normalized spacial score (nSPS) is 12.5. The summed E-state index contributed by atoms with van der Waals surface area (Å²) in [4.78, 5) is 11.6. The van der Waals surface area contributed by atoms with E-state index < -0.39 is 0 Å². The number of aliphatic hydroxyl groups is 1. The molecule has 84 valence electrons. The van der Waals surface area contributed by atoms with E-state index in [1.54, 1.807) is 10.6 Å². The first-order valence-corrected chi connectivity index (χ1v) is 5.22. The van der Waals surface area contributed by atoms with E-state index in [4.69, 9.17) is 0 Å². The van der Waals surface area contributed by atoms with Gasteiger partial charge in [-0.2, -0.15) is 0 Å². The zero-order chi connectivity index (χ0) is 11.3. The van der Waals surface area contributed by atoms with Crippen molar-refractivity contribution in [2.75, 3.05) is 6.54 Å². The van der Waals surface area contributed by atoms with Crippen molar-refractivity contribution in [1.82, 2.24) is 9.88 Å². The topological polar surface area (TPSA) is 54.3 Å². The van der Waals surface area contributed by atoms with Gasteiger partial charge in [0.15, 0.2) is 0 Å². The summed E-state index contributed by atoms with van der Waals surface area (Å²) >= 11 is 0. The molecule has 0 saturated carbocycles. The molecule has 1 aromatic heterocycles. The van der Waals surface area contributed by atoms with E-state index in [-0.39, 0.29) is 12.0 Å². The minimum atomic E-state index is -0.321. The first-order chi connectivity index (χ1) is 7.15. The molecule has 0 aliphatic carbocycles. The molecule has 4 heteroatoms. The van der Waals surface area contributed by atoms with Crippen LogP contribution in [-0.4, -0.2) is 28.2 Å². The van der Waals surface area contributed by atoms with Gasteiger partial charge < -0.3 is 15.0 Å². The van der Waals surface area contributed by atoms with Crippen molar-refractivity contribution in [2.45, 2.75) is 25.9 Å². The molecule has 1 heterocycles. The fourth-order valence-electron chi connectivity index (χ4n) is 1.34. The van der Waals surface area contributed by atoms with E-state index >= 15 is 0 Å². The van der Waals surface area contributed by atoms with Crippen molar-refractivity contribution in [2.24, 2.45) is 7.05 Å². The maximum absolute atomic E-state index is 11.6. The number of aliphatic hydroxyl groups excluding tert-OH is 1. The van der Waals surface area contributed by atoms with Crippen LogP contribution >= 0.6 is 0 Å². The van der Waals surface area contributed by atoms with Gasteiger partial charge in [0, 0.05) is 19.8 Å². The van der Waals surface area contributed by atoms with Gasteiger partial charge in [-0.05, 0) is 25.0 Å². The second kappa shape index (κ2) is 5.56. The van der Waals surface area contributed by atoms with Gasteiger partial charge in [-0.3, -0.25) is 4.79 Å². The van der Waals surface area contributed by atoms with Crippen molar-refractivity contribution < 1.29 is 9.90 Å². The van der Waals surface area contributed by atoms with Crippen LogP contribution in [0, 0.1) is 0 Å². The molecule has 0 bridgehead atoms. The average Bonchev–Trinajstić information content (AvgIpc) is 2.64. The molecule has 0 fully saturated rings. The van der Waals surface area contributed by atoms with Crippen molar-refractivity contribution >= 4 is 5.91 Å². The molecule has 0 spiro atoms. The Hall–Kier alpha value is -1.29. The van der Waals surface area contributed by atoms with Crippen LogP contribution in [0.5, 0.6) is 0 Å². The highest BCUT2D eigenvalue weighted by atomic mass is 16.3. The molecule has 1 atom stereocenters. The van der Waals surface area contributed by atoms with Crippen LogP contribution in [0.1, 0.15) is 30.3 Å². The first-order valence-electron chi connectivity index (χ1n) is 5.22. The van der Waals surface area contributed by atoms with Crippen molar-refractivity contribution in [3.8, 4) is 0 Å². The first kappa shape index (κ1) is 11.8. The second-order valence-electron chi connectivity index (χ2n) is 3.61. The van der Waals surface area contributed by atoms with Gasteiger partial charge in [0.1, 0.15) is 5.69 Å². The molecule has 0 saturated heterocycles. The van der Waals surface area contributed by atoms with Crippen LogP contribution in [0.2, 0.25) is 0 Å². The monoisotopic (exact) mass is 210 g/mol. The molecule has 4 nitrogen and oxygen atoms in total. The number of carbonyl (C=O) groups is 1. The van der Waals surface area contributed by atoms with Crippen molar-refractivity contribution in [1.29, 1.82) is 0 Å². The van der Waals surface area contributed by atoms with E-state index in [9.17, 15) is 9.90 Å². The van der Waals surface area contributed by atoms with Crippen molar-refractivity contribution in [3.05, 3.63) is 24.0 Å². The van der Waals surface area contributed by atoms with Crippen molar-refractivity contribution in [3.63, 3.8) is 0 Å². The zero-order valence-corrected chi connectivity index (χ0v) is 9.23. The molecule has 0 radical (unpaired) electrons. The Labute approximate surface area is 89.9 Å². The molecule has 1 amide bonds. The lowest BCUT2D eigenvalue weighted by molar-refractivity contribution is 0.0934. The summed E-state index contributed by atoms with van der Waals surface area (Å²) in [6.07, 6.45) is 2.83. The SMILES string of the molecule is CCC(O)CCNC(=O)c1cccn1C. The van der Waals surface area contributed by atoms with E-state index in [1.807, 2.05) is 26.2 Å². The zero-order valence-electron chi connectivity index (χ0n) is 9.23. The largest absolute Gasteiger partial charge is 0.393 e. The molecule has 0 aromatic carbocycles. The number of rotatable bonds is 5. The minimum Gasteiger partial charge on any atom is -0.393 e. The number of hydrogen-bond donors (Lipinski definition) is 2. The molecule has 1 rings (SSSR count). The smallest absolute Gasteiger partial charge is 0.267 e. The lowest BCUT2D eigenvalue weighted by atomic mass is 10.2.